The van der Waals surface area contributed by atoms with Crippen LogP contribution in [0.4, 0.5) is 4.79 Å². The highest BCUT2D eigenvalue weighted by Gasteiger charge is 2.29. The van der Waals surface area contributed by atoms with Gasteiger partial charge < -0.3 is 19.7 Å². The monoisotopic (exact) mass is 787 g/mol. The normalized spacial score (nSPS) is 14.4. The van der Waals surface area contributed by atoms with Crippen LogP contribution in [0, 0.1) is 0 Å². The predicted molar refractivity (Wildman–Crippen MR) is 216 cm³/mol. The van der Waals surface area contributed by atoms with Crippen LogP contribution in [0.15, 0.2) is 65.6 Å². The molecule has 1 atom stereocenters. The van der Waals surface area contributed by atoms with Crippen LogP contribution >= 0.6 is 23.2 Å². The minimum absolute atomic E-state index is 0.0345. The van der Waals surface area contributed by atoms with E-state index in [9.17, 15) is 14.4 Å². The number of aromatic nitrogens is 4. The number of carbonyl (C=O) groups excluding carboxylic acids is 2. The Bertz CT molecular complexity index is 2300. The van der Waals surface area contributed by atoms with E-state index in [-0.39, 0.29) is 30.6 Å². The zero-order valence-electron chi connectivity index (χ0n) is 32.3. The molecule has 12 nitrogen and oxygen atoms in total. The van der Waals surface area contributed by atoms with Crippen molar-refractivity contribution in [2.45, 2.75) is 71.7 Å². The molecule has 6 rings (SSSR count). The van der Waals surface area contributed by atoms with Gasteiger partial charge in [-0.2, -0.15) is 5.10 Å². The molecule has 1 fully saturated rings. The number of benzene rings is 2. The largest absolute Gasteiger partial charge is 0.481 e. The fraction of sp³-hybridized carbons (Fsp3) is 0.390. The van der Waals surface area contributed by atoms with Crippen molar-refractivity contribution < 1.29 is 19.1 Å². The van der Waals surface area contributed by atoms with Gasteiger partial charge in [-0.05, 0) is 65.4 Å². The smallest absolute Gasteiger partial charge is 0.410 e. The van der Waals surface area contributed by atoms with Crippen molar-refractivity contribution >= 4 is 40.7 Å². The van der Waals surface area contributed by atoms with Gasteiger partial charge in [-0.3, -0.25) is 19.1 Å². The van der Waals surface area contributed by atoms with Gasteiger partial charge in [0, 0.05) is 65.6 Å². The van der Waals surface area contributed by atoms with Crippen LogP contribution in [0.1, 0.15) is 58.3 Å². The Hall–Kier alpha value is -4.91. The molecule has 55 heavy (non-hydrogen) atoms. The number of hydrogen-bond donors (Lipinski definition) is 1. The molecule has 0 saturated carbocycles. The van der Waals surface area contributed by atoms with E-state index < -0.39 is 11.7 Å². The van der Waals surface area contributed by atoms with E-state index in [0.29, 0.717) is 74.6 Å². The highest BCUT2D eigenvalue weighted by molar-refractivity contribution is 6.39. The van der Waals surface area contributed by atoms with E-state index in [0.717, 1.165) is 24.1 Å². The van der Waals surface area contributed by atoms with Gasteiger partial charge >= 0.3 is 6.09 Å². The van der Waals surface area contributed by atoms with Crippen LogP contribution in [-0.4, -0.2) is 79.9 Å². The summed E-state index contributed by atoms with van der Waals surface area (Å²) in [4.78, 5) is 47.1. The lowest BCUT2D eigenvalue weighted by atomic mass is 9.97. The molecule has 0 aliphatic carbocycles. The van der Waals surface area contributed by atoms with Crippen molar-refractivity contribution in [3.05, 3.63) is 92.6 Å². The summed E-state index contributed by atoms with van der Waals surface area (Å²) >= 11 is 14.3. The minimum Gasteiger partial charge on any atom is -0.481 e. The van der Waals surface area contributed by atoms with Crippen molar-refractivity contribution in [3.8, 4) is 39.4 Å². The molecule has 1 N–H and O–H groups in total. The molecule has 0 spiro atoms. The van der Waals surface area contributed by atoms with Gasteiger partial charge in [0.15, 0.2) is 0 Å². The molecule has 2 amide bonds. The fourth-order valence-corrected chi connectivity index (χ4v) is 7.46. The minimum atomic E-state index is -0.702. The summed E-state index contributed by atoms with van der Waals surface area (Å²) in [6.45, 7) is 9.42. The number of ether oxygens (including phenoxy) is 2. The van der Waals surface area contributed by atoms with Crippen LogP contribution in [0.2, 0.25) is 10.0 Å². The Morgan fingerprint density at radius 3 is 2.31 bits per heavy atom. The molecule has 4 heterocycles. The van der Waals surface area contributed by atoms with Gasteiger partial charge in [0.1, 0.15) is 16.9 Å². The number of carbonyl (C=O) groups is 2. The number of halogens is 2. The summed E-state index contributed by atoms with van der Waals surface area (Å²) in [7, 11) is 5.28. The van der Waals surface area contributed by atoms with Crippen molar-refractivity contribution in [1.82, 2.24) is 34.3 Å². The van der Waals surface area contributed by atoms with Gasteiger partial charge in [0.25, 0.3) is 5.56 Å². The van der Waals surface area contributed by atoms with Crippen LogP contribution in [0.3, 0.4) is 0 Å². The third-order valence-corrected chi connectivity index (χ3v) is 10.3. The Morgan fingerprint density at radius 1 is 1.00 bits per heavy atom. The summed E-state index contributed by atoms with van der Waals surface area (Å²) in [6.07, 6.45) is 3.38. The lowest BCUT2D eigenvalue weighted by Gasteiger charge is -2.29. The summed E-state index contributed by atoms with van der Waals surface area (Å²) in [5, 5.41) is 8.62. The number of pyridine rings is 1. The van der Waals surface area contributed by atoms with Gasteiger partial charge in [0.2, 0.25) is 11.8 Å². The van der Waals surface area contributed by atoms with Crippen molar-refractivity contribution in [3.63, 3.8) is 0 Å². The van der Waals surface area contributed by atoms with Gasteiger partial charge in [-0.15, -0.1) is 0 Å². The Kier molecular flexibility index (Phi) is 11.9. The summed E-state index contributed by atoms with van der Waals surface area (Å²) < 4.78 is 14.7. The number of hydrogen-bond acceptors (Lipinski definition) is 8. The molecular formula is C41H47Cl2N7O5. The quantitative estimate of drug-likeness (QED) is 0.137. The lowest BCUT2D eigenvalue weighted by molar-refractivity contribution is -0.119. The molecule has 5 aromatic rings. The van der Waals surface area contributed by atoms with E-state index in [1.807, 2.05) is 88.6 Å². The number of amides is 2. The highest BCUT2D eigenvalue weighted by Crippen LogP contribution is 2.42. The van der Waals surface area contributed by atoms with E-state index in [2.05, 4.69) is 17.1 Å². The average Bonchev–Trinajstić information content (AvgIpc) is 3.75. The molecule has 0 bridgehead atoms. The maximum atomic E-state index is 13.4. The Labute approximate surface area is 331 Å². The second-order valence-electron chi connectivity index (χ2n) is 14.9. The van der Waals surface area contributed by atoms with Crippen molar-refractivity contribution in [1.29, 1.82) is 0 Å². The molecule has 290 valence electrons. The molecule has 0 unspecified atom stereocenters. The first kappa shape index (κ1) is 39.8. The molecule has 1 aliphatic heterocycles. The molecule has 0 radical (unpaired) electrons. The number of methoxy groups -OCH3 is 1. The maximum absolute atomic E-state index is 13.4. The first-order valence-corrected chi connectivity index (χ1v) is 19.1. The van der Waals surface area contributed by atoms with E-state index in [1.165, 1.54) is 7.11 Å². The third-order valence-electron chi connectivity index (χ3n) is 9.50. The SMILES string of the molecule is CCCN(C)Cc1nn2cc(-c3cccc(-c4cccc(-c5ccc(CN(C[C@@H]6CCC(=O)N6)C(=O)OC(C)(C)C)c(OC)n5)c4Cl)c3Cl)cc2c(=O)n1C. The topological polar surface area (TPSA) is 123 Å². The molecular weight excluding hydrogens is 741 g/mol. The first-order chi connectivity index (χ1) is 26.2. The third kappa shape index (κ3) is 8.82. The molecule has 3 aromatic heterocycles. The van der Waals surface area contributed by atoms with E-state index in [1.54, 1.807) is 21.0 Å². The summed E-state index contributed by atoms with van der Waals surface area (Å²) in [5.41, 5.74) is 4.37. The molecule has 14 heteroatoms. The fourth-order valence-electron chi connectivity index (χ4n) is 6.80. The summed E-state index contributed by atoms with van der Waals surface area (Å²) in [5.74, 6) is 0.952. The Balaban J connectivity index is 1.31. The number of fused-ring (bicyclic) bond motifs is 1. The van der Waals surface area contributed by atoms with E-state index in [4.69, 9.17) is 42.8 Å². The van der Waals surface area contributed by atoms with Gasteiger partial charge in [-0.25, -0.2) is 14.3 Å². The second-order valence-corrected chi connectivity index (χ2v) is 15.7. The number of rotatable bonds is 12. The maximum Gasteiger partial charge on any atom is 0.410 e. The van der Waals surface area contributed by atoms with Crippen molar-refractivity contribution in [2.75, 3.05) is 27.2 Å². The van der Waals surface area contributed by atoms with Crippen LogP contribution in [0.5, 0.6) is 5.88 Å². The highest BCUT2D eigenvalue weighted by atomic mass is 35.5. The lowest BCUT2D eigenvalue weighted by Crippen LogP contribution is -2.43. The predicted octanol–water partition coefficient (Wildman–Crippen LogP) is 7.60. The van der Waals surface area contributed by atoms with Crippen LogP contribution < -0.4 is 15.6 Å². The van der Waals surface area contributed by atoms with Crippen molar-refractivity contribution in [2.24, 2.45) is 7.05 Å². The molecule has 2 aromatic carbocycles. The van der Waals surface area contributed by atoms with Gasteiger partial charge in [-0.1, -0.05) is 66.5 Å². The van der Waals surface area contributed by atoms with E-state index >= 15 is 0 Å². The Morgan fingerprint density at radius 2 is 1.67 bits per heavy atom. The second kappa shape index (κ2) is 16.4. The van der Waals surface area contributed by atoms with Crippen LogP contribution in [0.25, 0.3) is 39.0 Å². The zero-order valence-corrected chi connectivity index (χ0v) is 33.8. The average molecular weight is 789 g/mol. The number of nitrogens with zero attached hydrogens (tertiary/aromatic N) is 6. The number of nitrogens with one attached hydrogen (secondary N) is 1. The standard InChI is InChI=1S/C41H47Cl2N7O5/c1-8-19-47(5)24-34-46-50-22-26(20-33(50)39(52)48(34)6)28-11-9-12-29(36(28)42)30-13-10-14-31(37(30)43)32-17-15-25(38(45-32)54-7)21-49(40(53)55-41(2,3)4)23-27-16-18-35(51)44-27/h9-15,17,20,22,27H,8,16,18-19,21,23-24H2,1-7H3,(H,44,51)/t27-/m0/s1. The van der Waals surface area contributed by atoms with Gasteiger partial charge in [0.05, 0.1) is 35.9 Å². The van der Waals surface area contributed by atoms with Crippen LogP contribution in [-0.2, 0) is 29.7 Å². The molecule has 1 saturated heterocycles. The summed E-state index contributed by atoms with van der Waals surface area (Å²) in [6, 6.07) is 16.7. The first-order valence-electron chi connectivity index (χ1n) is 18.3. The zero-order chi connectivity index (χ0) is 39.6. The molecule has 1 aliphatic rings.